The number of carbonyl (C=O) groups is 1. The Bertz CT molecular complexity index is 377. The van der Waals surface area contributed by atoms with Crippen molar-refractivity contribution in [2.24, 2.45) is 0 Å². The summed E-state index contributed by atoms with van der Waals surface area (Å²) in [6.07, 6.45) is 0. The molecule has 0 unspecified atom stereocenters. The van der Waals surface area contributed by atoms with Gasteiger partial charge in [0.05, 0.1) is 6.54 Å². The molecule has 0 bridgehead atoms. The van der Waals surface area contributed by atoms with E-state index in [4.69, 9.17) is 23.2 Å². The Kier molecular flexibility index (Phi) is 4.66. The van der Waals surface area contributed by atoms with Gasteiger partial charge in [0.2, 0.25) is 0 Å². The van der Waals surface area contributed by atoms with Gasteiger partial charge in [0.1, 0.15) is 0 Å². The fourth-order valence-corrected chi connectivity index (χ4v) is 1.31. The summed E-state index contributed by atoms with van der Waals surface area (Å²) in [6.45, 7) is 3.75. The minimum absolute atomic E-state index is 0.177. The van der Waals surface area contributed by atoms with Crippen LogP contribution in [0.1, 0.15) is 15.9 Å². The summed E-state index contributed by atoms with van der Waals surface area (Å²) in [4.78, 5) is 11.6. The van der Waals surface area contributed by atoms with Gasteiger partial charge in [-0.25, -0.2) is 0 Å². The first-order valence-electron chi connectivity index (χ1n) is 4.40. The first-order chi connectivity index (χ1) is 7.13. The molecule has 0 aromatic heterocycles. The van der Waals surface area contributed by atoms with E-state index in [9.17, 15) is 4.79 Å². The fourth-order valence-electron chi connectivity index (χ4n) is 1.07. The van der Waals surface area contributed by atoms with Gasteiger partial charge in [-0.3, -0.25) is 4.79 Å². The lowest BCUT2D eigenvalue weighted by atomic mass is 10.1. The molecule has 1 aromatic rings. The van der Waals surface area contributed by atoms with Crippen LogP contribution in [0.2, 0.25) is 0 Å². The number of nitrogens with one attached hydrogen (secondary N) is 1. The predicted octanol–water partition coefficient (Wildman–Crippen LogP) is 2.91. The molecule has 1 N–H and O–H groups in total. The van der Waals surface area contributed by atoms with Crippen LogP contribution in [0, 0.1) is 0 Å². The molecule has 0 saturated heterocycles. The minimum atomic E-state index is -0.177. The van der Waals surface area contributed by atoms with Crippen molar-refractivity contribution in [1.82, 2.24) is 5.32 Å². The van der Waals surface area contributed by atoms with Crippen LogP contribution in [0.15, 0.2) is 35.9 Å². The lowest BCUT2D eigenvalue weighted by Crippen LogP contribution is -2.24. The van der Waals surface area contributed by atoms with Gasteiger partial charge < -0.3 is 5.32 Å². The maximum atomic E-state index is 11.6. The van der Waals surface area contributed by atoms with E-state index >= 15 is 0 Å². The van der Waals surface area contributed by atoms with Crippen LogP contribution in [0.3, 0.4) is 0 Å². The zero-order valence-electron chi connectivity index (χ0n) is 8.09. The second-order valence-electron chi connectivity index (χ2n) is 3.03. The molecule has 0 aliphatic carbocycles. The van der Waals surface area contributed by atoms with Crippen molar-refractivity contribution in [3.05, 3.63) is 47.0 Å². The third-order valence-corrected chi connectivity index (χ3v) is 2.23. The minimum Gasteiger partial charge on any atom is -0.347 e. The van der Waals surface area contributed by atoms with E-state index in [0.29, 0.717) is 16.5 Å². The highest BCUT2D eigenvalue weighted by Gasteiger charge is 2.05. The van der Waals surface area contributed by atoms with Crippen LogP contribution >= 0.6 is 23.2 Å². The van der Waals surface area contributed by atoms with E-state index < -0.39 is 0 Å². The zero-order chi connectivity index (χ0) is 11.3. The molecule has 0 fully saturated rings. The lowest BCUT2D eigenvalue weighted by molar-refractivity contribution is 0.0957. The SMILES string of the molecule is C=C(Cl)CNC(=O)c1cccc(CCl)c1. The van der Waals surface area contributed by atoms with Gasteiger partial charge in [-0.2, -0.15) is 0 Å². The molecule has 0 aliphatic heterocycles. The Balaban J connectivity index is 2.69. The summed E-state index contributed by atoms with van der Waals surface area (Å²) in [6, 6.07) is 7.13. The fraction of sp³-hybridized carbons (Fsp3) is 0.182. The second kappa shape index (κ2) is 5.79. The summed E-state index contributed by atoms with van der Waals surface area (Å²) in [5, 5.41) is 3.04. The Labute approximate surface area is 98.9 Å². The molecular weight excluding hydrogens is 233 g/mol. The maximum Gasteiger partial charge on any atom is 0.251 e. The number of carbonyl (C=O) groups excluding carboxylic acids is 1. The van der Waals surface area contributed by atoms with Gasteiger partial charge in [0.15, 0.2) is 0 Å². The number of hydrogen-bond acceptors (Lipinski definition) is 1. The molecule has 2 nitrogen and oxygen atoms in total. The first-order valence-corrected chi connectivity index (χ1v) is 5.31. The van der Waals surface area contributed by atoms with E-state index in [1.165, 1.54) is 0 Å². The summed E-state index contributed by atoms with van der Waals surface area (Å²) in [7, 11) is 0. The molecule has 1 amide bonds. The van der Waals surface area contributed by atoms with Gasteiger partial charge in [-0.05, 0) is 17.7 Å². The van der Waals surface area contributed by atoms with Crippen LogP contribution in [0.5, 0.6) is 0 Å². The predicted molar refractivity (Wildman–Crippen MR) is 63.3 cm³/mol. The molecule has 80 valence electrons. The molecule has 0 aliphatic rings. The molecular formula is C11H11Cl2NO. The molecule has 0 heterocycles. The van der Waals surface area contributed by atoms with Crippen molar-refractivity contribution in [2.45, 2.75) is 5.88 Å². The molecule has 1 rings (SSSR count). The van der Waals surface area contributed by atoms with E-state index in [2.05, 4.69) is 11.9 Å². The van der Waals surface area contributed by atoms with Gasteiger partial charge >= 0.3 is 0 Å². The second-order valence-corrected chi connectivity index (χ2v) is 3.84. The average molecular weight is 244 g/mol. The molecule has 0 radical (unpaired) electrons. The third-order valence-electron chi connectivity index (χ3n) is 1.78. The first kappa shape index (κ1) is 12.1. The molecule has 1 aromatic carbocycles. The lowest BCUT2D eigenvalue weighted by Gasteiger charge is -2.04. The topological polar surface area (TPSA) is 29.1 Å². The van der Waals surface area contributed by atoms with Crippen LogP contribution in [-0.4, -0.2) is 12.5 Å². The number of amides is 1. The number of alkyl halides is 1. The van der Waals surface area contributed by atoms with Crippen molar-refractivity contribution in [2.75, 3.05) is 6.54 Å². The van der Waals surface area contributed by atoms with Crippen molar-refractivity contribution in [1.29, 1.82) is 0 Å². The van der Waals surface area contributed by atoms with Gasteiger partial charge in [0, 0.05) is 16.5 Å². The van der Waals surface area contributed by atoms with Crippen LogP contribution < -0.4 is 5.32 Å². The highest BCUT2D eigenvalue weighted by Crippen LogP contribution is 2.07. The van der Waals surface area contributed by atoms with E-state index in [-0.39, 0.29) is 12.5 Å². The van der Waals surface area contributed by atoms with Crippen LogP contribution in [0.4, 0.5) is 0 Å². The Hall–Kier alpha value is -0.990. The largest absolute Gasteiger partial charge is 0.347 e. The normalized spacial score (nSPS) is 9.73. The van der Waals surface area contributed by atoms with Crippen LogP contribution in [0.25, 0.3) is 0 Å². The Morgan fingerprint density at radius 3 is 2.80 bits per heavy atom. The number of hydrogen-bond donors (Lipinski definition) is 1. The van der Waals surface area contributed by atoms with E-state index in [0.717, 1.165) is 5.56 Å². The van der Waals surface area contributed by atoms with E-state index in [1.54, 1.807) is 18.2 Å². The van der Waals surface area contributed by atoms with Gasteiger partial charge in [-0.15, -0.1) is 11.6 Å². The average Bonchev–Trinajstić information content (AvgIpc) is 2.26. The van der Waals surface area contributed by atoms with Crippen molar-refractivity contribution in [3.63, 3.8) is 0 Å². The smallest absolute Gasteiger partial charge is 0.251 e. The molecule has 4 heteroatoms. The zero-order valence-corrected chi connectivity index (χ0v) is 9.61. The molecule has 0 spiro atoms. The van der Waals surface area contributed by atoms with Crippen LogP contribution in [-0.2, 0) is 5.88 Å². The highest BCUT2D eigenvalue weighted by molar-refractivity contribution is 6.29. The number of rotatable bonds is 4. The molecule has 0 atom stereocenters. The number of benzene rings is 1. The Morgan fingerprint density at radius 2 is 2.20 bits per heavy atom. The Morgan fingerprint density at radius 1 is 1.47 bits per heavy atom. The molecule has 0 saturated carbocycles. The van der Waals surface area contributed by atoms with Crippen molar-refractivity contribution < 1.29 is 4.79 Å². The standard InChI is InChI=1S/C11H11Cl2NO/c1-8(13)7-14-11(15)10-4-2-3-9(5-10)6-12/h2-5H,1,6-7H2,(H,14,15). The quantitative estimate of drug-likeness (QED) is 0.810. The monoisotopic (exact) mass is 243 g/mol. The van der Waals surface area contributed by atoms with Crippen molar-refractivity contribution in [3.8, 4) is 0 Å². The van der Waals surface area contributed by atoms with E-state index in [1.807, 2.05) is 6.07 Å². The van der Waals surface area contributed by atoms with Crippen molar-refractivity contribution >= 4 is 29.1 Å². The highest BCUT2D eigenvalue weighted by atomic mass is 35.5. The third kappa shape index (κ3) is 3.94. The van der Waals surface area contributed by atoms with Gasteiger partial charge in [0.25, 0.3) is 5.91 Å². The summed E-state index contributed by atoms with van der Waals surface area (Å²) < 4.78 is 0. The van der Waals surface area contributed by atoms with Gasteiger partial charge in [-0.1, -0.05) is 30.3 Å². The summed E-state index contributed by atoms with van der Waals surface area (Å²) >= 11 is 11.2. The maximum absolute atomic E-state index is 11.6. The summed E-state index contributed by atoms with van der Waals surface area (Å²) in [5.74, 6) is 0.215. The summed E-state index contributed by atoms with van der Waals surface area (Å²) in [5.41, 5.74) is 1.49. The molecule has 15 heavy (non-hydrogen) atoms. The number of halogens is 2.